The van der Waals surface area contributed by atoms with Gasteiger partial charge in [0, 0.05) is 42.8 Å². The van der Waals surface area contributed by atoms with Gasteiger partial charge in [0.05, 0.1) is 6.20 Å². The molecule has 29 heavy (non-hydrogen) atoms. The van der Waals surface area contributed by atoms with Crippen molar-refractivity contribution in [3.05, 3.63) is 88.8 Å². The summed E-state index contributed by atoms with van der Waals surface area (Å²) in [5.41, 5.74) is 6.39. The van der Waals surface area contributed by atoms with Crippen LogP contribution in [0.5, 0.6) is 0 Å². The van der Waals surface area contributed by atoms with E-state index >= 15 is 0 Å². The number of nitrogens with zero attached hydrogens (tertiary/aromatic N) is 4. The number of rotatable bonds is 4. The Kier molecular flexibility index (Phi) is 5.65. The van der Waals surface area contributed by atoms with Gasteiger partial charge in [0.1, 0.15) is 5.69 Å². The lowest BCUT2D eigenvalue weighted by Gasteiger charge is -2.32. The van der Waals surface area contributed by atoms with E-state index in [1.54, 1.807) is 12.4 Å². The number of piperidine rings is 1. The number of aromatic nitrogens is 3. The Morgan fingerprint density at radius 2 is 2.03 bits per heavy atom. The highest BCUT2D eigenvalue weighted by Gasteiger charge is 2.27. The Bertz CT molecular complexity index is 1000. The van der Waals surface area contributed by atoms with Gasteiger partial charge in [-0.05, 0) is 56.4 Å². The summed E-state index contributed by atoms with van der Waals surface area (Å²) in [7, 11) is 0. The second kappa shape index (κ2) is 8.52. The lowest BCUT2D eigenvalue weighted by atomic mass is 9.92. The molecule has 1 aliphatic rings. The average Bonchev–Trinajstić information content (AvgIpc) is 2.73. The summed E-state index contributed by atoms with van der Waals surface area (Å²) in [6.07, 6.45) is 7.60. The number of hydrogen-bond acceptors (Lipinski definition) is 4. The van der Waals surface area contributed by atoms with Crippen molar-refractivity contribution in [3.8, 4) is 0 Å². The fraction of sp³-hybridized carbons (Fsp3) is 0.333. The van der Waals surface area contributed by atoms with Crippen LogP contribution in [0, 0.1) is 13.8 Å². The maximum Gasteiger partial charge on any atom is 0.274 e. The van der Waals surface area contributed by atoms with Crippen molar-refractivity contribution in [3.63, 3.8) is 0 Å². The van der Waals surface area contributed by atoms with Crippen molar-refractivity contribution in [2.75, 3.05) is 13.1 Å². The first-order chi connectivity index (χ1) is 14.1. The van der Waals surface area contributed by atoms with E-state index in [4.69, 9.17) is 4.98 Å². The Morgan fingerprint density at radius 3 is 2.83 bits per heavy atom. The third kappa shape index (κ3) is 4.67. The second-order valence-electron chi connectivity index (χ2n) is 7.89. The van der Waals surface area contributed by atoms with Gasteiger partial charge in [-0.1, -0.05) is 29.8 Å². The predicted octanol–water partition coefficient (Wildman–Crippen LogP) is 4.10. The number of likely N-dealkylation sites (tertiary alicyclic amines) is 1. The van der Waals surface area contributed by atoms with Crippen molar-refractivity contribution < 1.29 is 4.79 Å². The van der Waals surface area contributed by atoms with Gasteiger partial charge in [0.2, 0.25) is 0 Å². The minimum atomic E-state index is -0.0459. The molecule has 0 bridgehead atoms. The van der Waals surface area contributed by atoms with E-state index in [0.717, 1.165) is 37.2 Å². The monoisotopic (exact) mass is 386 g/mol. The van der Waals surface area contributed by atoms with Crippen LogP contribution in [0.2, 0.25) is 0 Å². The van der Waals surface area contributed by atoms with Gasteiger partial charge in [0.15, 0.2) is 0 Å². The summed E-state index contributed by atoms with van der Waals surface area (Å²) in [5.74, 6) is 0.205. The van der Waals surface area contributed by atoms with E-state index in [-0.39, 0.29) is 11.8 Å². The molecule has 1 atom stereocenters. The van der Waals surface area contributed by atoms with Crippen LogP contribution in [0.1, 0.15) is 57.3 Å². The molecule has 3 aromatic rings. The minimum absolute atomic E-state index is 0.0459. The summed E-state index contributed by atoms with van der Waals surface area (Å²) < 4.78 is 0. The molecule has 0 radical (unpaired) electrons. The molecule has 0 spiro atoms. The molecule has 0 saturated carbocycles. The summed E-state index contributed by atoms with van der Waals surface area (Å²) in [5, 5.41) is 0. The molecule has 1 saturated heterocycles. The Hall–Kier alpha value is -3.08. The summed E-state index contributed by atoms with van der Waals surface area (Å²) in [6.45, 7) is 5.61. The van der Waals surface area contributed by atoms with Gasteiger partial charge in [-0.15, -0.1) is 0 Å². The van der Waals surface area contributed by atoms with Crippen LogP contribution < -0.4 is 0 Å². The molecule has 0 N–H and O–H groups in total. The number of hydrogen-bond donors (Lipinski definition) is 0. The molecule has 4 rings (SSSR count). The smallest absolute Gasteiger partial charge is 0.274 e. The molecule has 148 valence electrons. The molecular formula is C24H26N4O. The topological polar surface area (TPSA) is 59.0 Å². The number of benzene rings is 1. The number of carbonyl (C=O) groups is 1. The molecule has 1 amide bonds. The lowest BCUT2D eigenvalue weighted by molar-refractivity contribution is 0.0699. The molecule has 1 unspecified atom stereocenters. The van der Waals surface area contributed by atoms with E-state index in [1.807, 2.05) is 4.90 Å². The first-order valence-electron chi connectivity index (χ1n) is 10.2. The molecule has 3 heterocycles. The van der Waals surface area contributed by atoms with Gasteiger partial charge in [0.25, 0.3) is 5.91 Å². The Morgan fingerprint density at radius 1 is 1.14 bits per heavy atom. The van der Waals surface area contributed by atoms with E-state index in [9.17, 15) is 4.79 Å². The average molecular weight is 386 g/mol. The number of pyridine rings is 1. The first kappa shape index (κ1) is 19.2. The van der Waals surface area contributed by atoms with Gasteiger partial charge >= 0.3 is 0 Å². The molecule has 1 aromatic carbocycles. The highest BCUT2D eigenvalue weighted by atomic mass is 16.2. The third-order valence-corrected chi connectivity index (χ3v) is 5.43. The van der Waals surface area contributed by atoms with Crippen molar-refractivity contribution in [1.82, 2.24) is 19.9 Å². The Balaban J connectivity index is 1.53. The minimum Gasteiger partial charge on any atom is -0.337 e. The largest absolute Gasteiger partial charge is 0.337 e. The standard InChI is InChI=1S/C24H26N4O/c1-17-5-3-6-19(11-17)13-20-12-18(2)27-22(14-20)21-7-4-10-28(16-21)24(29)23-15-25-8-9-26-23/h3,5-6,8-9,11-12,14-15,21H,4,7,10,13,16H2,1-2H3. The zero-order chi connectivity index (χ0) is 20.2. The van der Waals surface area contributed by atoms with Crippen LogP contribution in [0.15, 0.2) is 55.0 Å². The second-order valence-corrected chi connectivity index (χ2v) is 7.89. The van der Waals surface area contributed by atoms with Crippen LogP contribution in [0.3, 0.4) is 0 Å². The maximum atomic E-state index is 12.8. The Labute approximate surface area is 171 Å². The fourth-order valence-corrected chi connectivity index (χ4v) is 4.11. The van der Waals surface area contributed by atoms with E-state index < -0.39 is 0 Å². The third-order valence-electron chi connectivity index (χ3n) is 5.43. The molecule has 0 aliphatic carbocycles. The van der Waals surface area contributed by atoms with Gasteiger partial charge in [-0.2, -0.15) is 0 Å². The predicted molar refractivity (Wildman–Crippen MR) is 113 cm³/mol. The van der Waals surface area contributed by atoms with Crippen LogP contribution in [0.4, 0.5) is 0 Å². The van der Waals surface area contributed by atoms with Gasteiger partial charge < -0.3 is 4.90 Å². The molecular weight excluding hydrogens is 360 g/mol. The summed E-state index contributed by atoms with van der Waals surface area (Å²) in [4.78, 5) is 27.7. The van der Waals surface area contributed by atoms with Crippen LogP contribution >= 0.6 is 0 Å². The SMILES string of the molecule is Cc1cccc(Cc2cc(C)nc(C3CCCN(C(=O)c4cnccn4)C3)c2)c1. The zero-order valence-electron chi connectivity index (χ0n) is 17.0. The van der Waals surface area contributed by atoms with Crippen LogP contribution in [0.25, 0.3) is 0 Å². The number of carbonyl (C=O) groups excluding carboxylic acids is 1. The highest BCUT2D eigenvalue weighted by Crippen LogP contribution is 2.28. The maximum absolute atomic E-state index is 12.8. The highest BCUT2D eigenvalue weighted by molar-refractivity contribution is 5.92. The lowest BCUT2D eigenvalue weighted by Crippen LogP contribution is -2.39. The quantitative estimate of drug-likeness (QED) is 0.677. The fourth-order valence-electron chi connectivity index (χ4n) is 4.11. The molecule has 5 heteroatoms. The van der Waals surface area contributed by atoms with Gasteiger partial charge in [-0.25, -0.2) is 4.98 Å². The van der Waals surface area contributed by atoms with Crippen molar-refractivity contribution >= 4 is 5.91 Å². The molecule has 5 nitrogen and oxygen atoms in total. The van der Waals surface area contributed by atoms with E-state index in [2.05, 4.69) is 60.2 Å². The summed E-state index contributed by atoms with van der Waals surface area (Å²) >= 11 is 0. The van der Waals surface area contributed by atoms with Crippen molar-refractivity contribution in [2.45, 2.75) is 39.0 Å². The van der Waals surface area contributed by atoms with Crippen LogP contribution in [-0.4, -0.2) is 38.8 Å². The molecule has 2 aromatic heterocycles. The summed E-state index contributed by atoms with van der Waals surface area (Å²) in [6, 6.07) is 13.0. The first-order valence-corrected chi connectivity index (χ1v) is 10.2. The van der Waals surface area contributed by atoms with E-state index in [1.165, 1.54) is 22.9 Å². The zero-order valence-corrected chi connectivity index (χ0v) is 17.0. The normalized spacial score (nSPS) is 16.6. The van der Waals surface area contributed by atoms with Crippen LogP contribution in [-0.2, 0) is 6.42 Å². The number of aryl methyl sites for hydroxylation is 2. The van der Waals surface area contributed by atoms with Crippen molar-refractivity contribution in [2.24, 2.45) is 0 Å². The van der Waals surface area contributed by atoms with Gasteiger partial charge in [-0.3, -0.25) is 14.8 Å². The van der Waals surface area contributed by atoms with Crippen molar-refractivity contribution in [1.29, 1.82) is 0 Å². The molecule has 1 fully saturated rings. The molecule has 1 aliphatic heterocycles. The van der Waals surface area contributed by atoms with E-state index in [0.29, 0.717) is 12.2 Å². The number of amides is 1.